The summed E-state index contributed by atoms with van der Waals surface area (Å²) in [5.74, 6) is -1.20. The standard InChI is InChI=1S/C17H15F3O4/c1-22-14-8-12(16(21)23-2)13(17(18,19)20)9-15(14)24-10-11-6-4-3-5-7-11/h3-9H,10H2,1-2H3. The second-order valence-electron chi connectivity index (χ2n) is 4.81. The third-order valence-corrected chi connectivity index (χ3v) is 3.25. The fraction of sp³-hybridized carbons (Fsp3) is 0.235. The summed E-state index contributed by atoms with van der Waals surface area (Å²) < 4.78 is 54.5. The Morgan fingerprint density at radius 3 is 2.25 bits per heavy atom. The maximum Gasteiger partial charge on any atom is 0.417 e. The number of alkyl halides is 3. The van der Waals surface area contributed by atoms with Gasteiger partial charge >= 0.3 is 12.1 Å². The number of benzene rings is 2. The molecule has 128 valence electrons. The van der Waals surface area contributed by atoms with Crippen LogP contribution in [0.4, 0.5) is 13.2 Å². The average Bonchev–Trinajstić information content (AvgIpc) is 2.58. The lowest BCUT2D eigenvalue weighted by Gasteiger charge is -2.17. The van der Waals surface area contributed by atoms with Crippen molar-refractivity contribution in [3.63, 3.8) is 0 Å². The summed E-state index contributed by atoms with van der Waals surface area (Å²) in [6, 6.07) is 10.7. The van der Waals surface area contributed by atoms with E-state index in [0.29, 0.717) is 0 Å². The first-order valence-corrected chi connectivity index (χ1v) is 6.91. The Kier molecular flexibility index (Phi) is 5.33. The zero-order chi connectivity index (χ0) is 17.7. The van der Waals surface area contributed by atoms with Gasteiger partial charge in [-0.2, -0.15) is 13.2 Å². The summed E-state index contributed by atoms with van der Waals surface area (Å²) >= 11 is 0. The van der Waals surface area contributed by atoms with Crippen LogP contribution in [0, 0.1) is 0 Å². The molecule has 0 saturated heterocycles. The van der Waals surface area contributed by atoms with Crippen LogP contribution in [0.3, 0.4) is 0 Å². The lowest BCUT2D eigenvalue weighted by atomic mass is 10.1. The van der Waals surface area contributed by atoms with Crippen LogP contribution in [0.2, 0.25) is 0 Å². The van der Waals surface area contributed by atoms with Crippen LogP contribution in [-0.4, -0.2) is 20.2 Å². The minimum absolute atomic E-state index is 0.0133. The molecule has 2 aromatic carbocycles. The van der Waals surface area contributed by atoms with Crippen molar-refractivity contribution in [1.82, 2.24) is 0 Å². The molecule has 4 nitrogen and oxygen atoms in total. The van der Waals surface area contributed by atoms with Gasteiger partial charge in [0.15, 0.2) is 11.5 Å². The molecule has 0 fully saturated rings. The first kappa shape index (κ1) is 17.7. The van der Waals surface area contributed by atoms with Crippen LogP contribution in [0.15, 0.2) is 42.5 Å². The van der Waals surface area contributed by atoms with E-state index in [1.54, 1.807) is 24.3 Å². The molecule has 2 rings (SSSR count). The highest BCUT2D eigenvalue weighted by molar-refractivity contribution is 5.92. The number of carbonyl (C=O) groups excluding carboxylic acids is 1. The van der Waals surface area contributed by atoms with Crippen molar-refractivity contribution in [2.75, 3.05) is 14.2 Å². The number of rotatable bonds is 5. The maximum absolute atomic E-state index is 13.2. The number of halogens is 3. The molecule has 2 aromatic rings. The van der Waals surface area contributed by atoms with Crippen molar-refractivity contribution in [1.29, 1.82) is 0 Å². The SMILES string of the molecule is COC(=O)c1cc(OC)c(OCc2ccccc2)cc1C(F)(F)F. The zero-order valence-electron chi connectivity index (χ0n) is 13.0. The molecule has 0 radical (unpaired) electrons. The number of ether oxygens (including phenoxy) is 3. The van der Waals surface area contributed by atoms with E-state index in [1.807, 2.05) is 6.07 Å². The van der Waals surface area contributed by atoms with Crippen LogP contribution in [-0.2, 0) is 17.5 Å². The Hall–Kier alpha value is -2.70. The predicted octanol–water partition coefficient (Wildman–Crippen LogP) is 4.08. The summed E-state index contributed by atoms with van der Waals surface area (Å²) in [6.45, 7) is 0.0616. The van der Waals surface area contributed by atoms with Gasteiger partial charge in [-0.15, -0.1) is 0 Å². The van der Waals surface area contributed by atoms with E-state index < -0.39 is 23.3 Å². The molecule has 0 spiro atoms. The van der Waals surface area contributed by atoms with E-state index in [-0.39, 0.29) is 18.1 Å². The number of hydrogen-bond donors (Lipinski definition) is 0. The Morgan fingerprint density at radius 1 is 1.04 bits per heavy atom. The summed E-state index contributed by atoms with van der Waals surface area (Å²) in [5, 5.41) is 0. The molecule has 0 aliphatic heterocycles. The van der Waals surface area contributed by atoms with Gasteiger partial charge in [-0.1, -0.05) is 30.3 Å². The van der Waals surface area contributed by atoms with Gasteiger partial charge in [0.05, 0.1) is 25.3 Å². The monoisotopic (exact) mass is 340 g/mol. The highest BCUT2D eigenvalue weighted by Crippen LogP contribution is 2.39. The number of esters is 1. The van der Waals surface area contributed by atoms with Crippen molar-refractivity contribution in [3.8, 4) is 11.5 Å². The summed E-state index contributed by atoms with van der Waals surface area (Å²) in [5.41, 5.74) is -0.989. The molecule has 0 N–H and O–H groups in total. The highest BCUT2D eigenvalue weighted by atomic mass is 19.4. The third kappa shape index (κ3) is 3.98. The van der Waals surface area contributed by atoms with Crippen LogP contribution in [0.25, 0.3) is 0 Å². The lowest BCUT2D eigenvalue weighted by Crippen LogP contribution is -2.15. The molecule has 0 heterocycles. The molecular weight excluding hydrogens is 325 g/mol. The molecule has 0 aliphatic rings. The number of carbonyl (C=O) groups is 1. The molecule has 0 unspecified atom stereocenters. The van der Waals surface area contributed by atoms with Crippen LogP contribution in [0.1, 0.15) is 21.5 Å². The summed E-state index contributed by atoms with van der Waals surface area (Å²) in [4.78, 5) is 11.6. The van der Waals surface area contributed by atoms with Gasteiger partial charge < -0.3 is 14.2 Å². The molecule has 0 aromatic heterocycles. The van der Waals surface area contributed by atoms with Gasteiger partial charge in [-0.05, 0) is 17.7 Å². The van der Waals surface area contributed by atoms with Gasteiger partial charge in [0.2, 0.25) is 0 Å². The van der Waals surface area contributed by atoms with E-state index in [2.05, 4.69) is 4.74 Å². The largest absolute Gasteiger partial charge is 0.493 e. The smallest absolute Gasteiger partial charge is 0.417 e. The molecule has 0 aliphatic carbocycles. The normalized spacial score (nSPS) is 11.0. The molecule has 0 saturated carbocycles. The van der Waals surface area contributed by atoms with Crippen LogP contribution < -0.4 is 9.47 Å². The van der Waals surface area contributed by atoms with Crippen molar-refractivity contribution in [2.24, 2.45) is 0 Å². The van der Waals surface area contributed by atoms with Gasteiger partial charge in [-0.3, -0.25) is 0 Å². The van der Waals surface area contributed by atoms with E-state index in [9.17, 15) is 18.0 Å². The minimum atomic E-state index is -4.74. The number of hydrogen-bond acceptors (Lipinski definition) is 4. The topological polar surface area (TPSA) is 44.8 Å². The second-order valence-corrected chi connectivity index (χ2v) is 4.81. The zero-order valence-corrected chi connectivity index (χ0v) is 13.0. The quantitative estimate of drug-likeness (QED) is 0.770. The van der Waals surface area contributed by atoms with Gasteiger partial charge in [0, 0.05) is 0 Å². The lowest BCUT2D eigenvalue weighted by molar-refractivity contribution is -0.138. The maximum atomic E-state index is 13.2. The predicted molar refractivity (Wildman–Crippen MR) is 80.1 cm³/mol. The van der Waals surface area contributed by atoms with E-state index in [0.717, 1.165) is 24.8 Å². The van der Waals surface area contributed by atoms with E-state index >= 15 is 0 Å². The molecule has 24 heavy (non-hydrogen) atoms. The van der Waals surface area contributed by atoms with Crippen LogP contribution in [0.5, 0.6) is 11.5 Å². The Bertz CT molecular complexity index is 712. The van der Waals surface area contributed by atoms with Crippen molar-refractivity contribution < 1.29 is 32.2 Å². The van der Waals surface area contributed by atoms with E-state index in [1.165, 1.54) is 7.11 Å². The van der Waals surface area contributed by atoms with Gasteiger partial charge in [-0.25, -0.2) is 4.79 Å². The molecule has 0 bridgehead atoms. The van der Waals surface area contributed by atoms with Crippen LogP contribution >= 0.6 is 0 Å². The van der Waals surface area contributed by atoms with Gasteiger partial charge in [0.25, 0.3) is 0 Å². The molecule has 0 atom stereocenters. The Morgan fingerprint density at radius 2 is 1.71 bits per heavy atom. The fourth-order valence-corrected chi connectivity index (χ4v) is 2.08. The third-order valence-electron chi connectivity index (χ3n) is 3.25. The van der Waals surface area contributed by atoms with E-state index in [4.69, 9.17) is 9.47 Å². The fourth-order valence-electron chi connectivity index (χ4n) is 2.08. The second kappa shape index (κ2) is 7.25. The van der Waals surface area contributed by atoms with Crippen molar-refractivity contribution in [2.45, 2.75) is 12.8 Å². The molecule has 0 amide bonds. The first-order chi connectivity index (χ1) is 11.4. The highest BCUT2D eigenvalue weighted by Gasteiger charge is 2.37. The molecular formula is C17H15F3O4. The van der Waals surface area contributed by atoms with Crippen molar-refractivity contribution >= 4 is 5.97 Å². The van der Waals surface area contributed by atoms with Gasteiger partial charge in [0.1, 0.15) is 6.61 Å². The minimum Gasteiger partial charge on any atom is -0.493 e. The van der Waals surface area contributed by atoms with Crippen molar-refractivity contribution in [3.05, 3.63) is 59.2 Å². The average molecular weight is 340 g/mol. The Labute approximate surface area is 136 Å². The first-order valence-electron chi connectivity index (χ1n) is 6.91. The summed E-state index contributed by atoms with van der Waals surface area (Å²) in [7, 11) is 2.29. The Balaban J connectivity index is 2.41. The number of methoxy groups -OCH3 is 2. The molecule has 7 heteroatoms. The summed E-state index contributed by atoms with van der Waals surface area (Å²) in [6.07, 6.45) is -4.74.